The van der Waals surface area contributed by atoms with Crippen LogP contribution in [0.5, 0.6) is 5.75 Å². The SMILES string of the molecule is COC(=O)c1c(O)cc(=O)n(Cc2ccccc2C)c1C(=O)OC. The number of carbonyl (C=O) groups is 2. The lowest BCUT2D eigenvalue weighted by Crippen LogP contribution is -2.30. The van der Waals surface area contributed by atoms with Crippen LogP contribution in [0.2, 0.25) is 0 Å². The van der Waals surface area contributed by atoms with E-state index in [9.17, 15) is 19.5 Å². The van der Waals surface area contributed by atoms with Crippen LogP contribution in [-0.2, 0) is 16.0 Å². The molecule has 0 saturated carbocycles. The molecule has 1 N–H and O–H groups in total. The summed E-state index contributed by atoms with van der Waals surface area (Å²) in [5, 5.41) is 9.94. The van der Waals surface area contributed by atoms with Crippen LogP contribution < -0.4 is 5.56 Å². The zero-order chi connectivity index (χ0) is 17.9. The summed E-state index contributed by atoms with van der Waals surface area (Å²) >= 11 is 0. The van der Waals surface area contributed by atoms with Gasteiger partial charge >= 0.3 is 11.9 Å². The first-order valence-electron chi connectivity index (χ1n) is 7.08. The van der Waals surface area contributed by atoms with Crippen molar-refractivity contribution < 1.29 is 24.2 Å². The van der Waals surface area contributed by atoms with E-state index in [1.807, 2.05) is 19.1 Å². The summed E-state index contributed by atoms with van der Waals surface area (Å²) < 4.78 is 10.4. The lowest BCUT2D eigenvalue weighted by molar-refractivity contribution is 0.0540. The molecule has 2 aromatic rings. The van der Waals surface area contributed by atoms with Gasteiger partial charge in [-0.1, -0.05) is 24.3 Å². The minimum absolute atomic E-state index is 0.0419. The fraction of sp³-hybridized carbons (Fsp3) is 0.235. The molecule has 1 heterocycles. The zero-order valence-electron chi connectivity index (χ0n) is 13.5. The van der Waals surface area contributed by atoms with Gasteiger partial charge in [0.2, 0.25) is 0 Å². The molecule has 0 spiro atoms. The van der Waals surface area contributed by atoms with E-state index in [1.54, 1.807) is 12.1 Å². The van der Waals surface area contributed by atoms with Gasteiger partial charge in [-0.15, -0.1) is 0 Å². The summed E-state index contributed by atoms with van der Waals surface area (Å²) in [5.74, 6) is -2.49. The molecule has 1 aromatic carbocycles. The summed E-state index contributed by atoms with van der Waals surface area (Å²) in [5.41, 5.74) is 0.304. The summed E-state index contributed by atoms with van der Waals surface area (Å²) in [4.78, 5) is 36.4. The molecule has 0 amide bonds. The first-order chi connectivity index (χ1) is 11.4. The lowest BCUT2D eigenvalue weighted by atomic mass is 10.1. The zero-order valence-corrected chi connectivity index (χ0v) is 13.5. The number of rotatable bonds is 4. The number of methoxy groups -OCH3 is 2. The summed E-state index contributed by atoms with van der Waals surface area (Å²) in [6, 6.07) is 8.18. The number of ether oxygens (including phenoxy) is 2. The second-order valence-electron chi connectivity index (χ2n) is 5.09. The molecule has 24 heavy (non-hydrogen) atoms. The Morgan fingerprint density at radius 3 is 2.33 bits per heavy atom. The molecule has 0 fully saturated rings. The van der Waals surface area contributed by atoms with E-state index < -0.39 is 28.8 Å². The van der Waals surface area contributed by atoms with Crippen LogP contribution in [0.15, 0.2) is 35.1 Å². The van der Waals surface area contributed by atoms with E-state index in [0.717, 1.165) is 36.0 Å². The van der Waals surface area contributed by atoms with Crippen molar-refractivity contribution in [1.82, 2.24) is 4.57 Å². The van der Waals surface area contributed by atoms with E-state index >= 15 is 0 Å². The Bertz CT molecular complexity index is 853. The van der Waals surface area contributed by atoms with Gasteiger partial charge in [0.15, 0.2) is 0 Å². The highest BCUT2D eigenvalue weighted by atomic mass is 16.5. The van der Waals surface area contributed by atoms with Crippen LogP contribution in [0.3, 0.4) is 0 Å². The maximum Gasteiger partial charge on any atom is 0.355 e. The second-order valence-corrected chi connectivity index (χ2v) is 5.09. The molecule has 2 rings (SSSR count). The molecule has 7 nitrogen and oxygen atoms in total. The standard InChI is InChI=1S/C17H17NO6/c1-10-6-4-5-7-11(10)9-18-13(20)8-12(19)14(16(21)23-2)15(18)17(22)24-3/h4-8,19H,9H2,1-3H3. The maximum atomic E-state index is 12.3. The fourth-order valence-corrected chi connectivity index (χ4v) is 2.36. The van der Waals surface area contributed by atoms with Gasteiger partial charge in [0.1, 0.15) is 17.0 Å². The van der Waals surface area contributed by atoms with Crippen molar-refractivity contribution in [2.75, 3.05) is 14.2 Å². The normalized spacial score (nSPS) is 10.3. The van der Waals surface area contributed by atoms with Gasteiger partial charge in [0.05, 0.1) is 20.8 Å². The van der Waals surface area contributed by atoms with Gasteiger partial charge in [0, 0.05) is 6.07 Å². The molecule has 0 radical (unpaired) electrons. The van der Waals surface area contributed by atoms with E-state index in [4.69, 9.17) is 0 Å². The molecule has 0 unspecified atom stereocenters. The van der Waals surface area contributed by atoms with Gasteiger partial charge in [-0.05, 0) is 18.1 Å². The van der Waals surface area contributed by atoms with Gasteiger partial charge < -0.3 is 14.6 Å². The van der Waals surface area contributed by atoms with Crippen molar-refractivity contribution in [2.45, 2.75) is 13.5 Å². The Kier molecular flexibility index (Phi) is 5.03. The Morgan fingerprint density at radius 1 is 1.12 bits per heavy atom. The van der Waals surface area contributed by atoms with Gasteiger partial charge in [-0.25, -0.2) is 9.59 Å². The van der Waals surface area contributed by atoms with Crippen LogP contribution in [0.4, 0.5) is 0 Å². The monoisotopic (exact) mass is 331 g/mol. The molecule has 7 heteroatoms. The van der Waals surface area contributed by atoms with Gasteiger partial charge in [-0.2, -0.15) is 0 Å². The number of carbonyl (C=O) groups excluding carboxylic acids is 2. The Morgan fingerprint density at radius 2 is 1.75 bits per heavy atom. The molecule has 0 aliphatic carbocycles. The van der Waals surface area contributed by atoms with Crippen molar-refractivity contribution in [3.63, 3.8) is 0 Å². The molecule has 0 aliphatic heterocycles. The molecule has 1 aromatic heterocycles. The number of benzene rings is 1. The van der Waals surface area contributed by atoms with Crippen LogP contribution in [0.1, 0.15) is 32.0 Å². The highest BCUT2D eigenvalue weighted by molar-refractivity contribution is 6.03. The maximum absolute atomic E-state index is 12.3. The fourth-order valence-electron chi connectivity index (χ4n) is 2.36. The Labute approximate surface area is 138 Å². The molecular formula is C17H17NO6. The second kappa shape index (κ2) is 6.99. The third-order valence-corrected chi connectivity index (χ3v) is 3.65. The molecule has 0 atom stereocenters. The van der Waals surface area contributed by atoms with Crippen molar-refractivity contribution in [3.8, 4) is 5.75 Å². The molecule has 0 saturated heterocycles. The van der Waals surface area contributed by atoms with E-state index in [1.165, 1.54) is 0 Å². The van der Waals surface area contributed by atoms with Gasteiger partial charge in [-0.3, -0.25) is 9.36 Å². The summed E-state index contributed by atoms with van der Waals surface area (Å²) in [7, 11) is 2.23. The van der Waals surface area contributed by atoms with Crippen LogP contribution in [-0.4, -0.2) is 35.8 Å². The van der Waals surface area contributed by atoms with Crippen LogP contribution in [0.25, 0.3) is 0 Å². The van der Waals surface area contributed by atoms with Gasteiger partial charge in [0.25, 0.3) is 5.56 Å². The molecule has 0 aliphatic rings. The number of esters is 2. The van der Waals surface area contributed by atoms with Crippen LogP contribution >= 0.6 is 0 Å². The quantitative estimate of drug-likeness (QED) is 0.853. The van der Waals surface area contributed by atoms with Crippen molar-refractivity contribution >= 4 is 11.9 Å². The number of hydrogen-bond donors (Lipinski definition) is 1. The number of aromatic hydroxyl groups is 1. The highest BCUT2D eigenvalue weighted by Gasteiger charge is 2.28. The molecule has 0 bridgehead atoms. The Balaban J connectivity index is 2.74. The van der Waals surface area contributed by atoms with E-state index in [-0.39, 0.29) is 12.2 Å². The minimum atomic E-state index is -0.938. The third-order valence-electron chi connectivity index (χ3n) is 3.65. The first kappa shape index (κ1) is 17.3. The van der Waals surface area contributed by atoms with Crippen molar-refractivity contribution in [3.05, 3.63) is 63.1 Å². The Hall–Kier alpha value is -3.09. The predicted octanol–water partition coefficient (Wildman–Crippen LogP) is 1.48. The third kappa shape index (κ3) is 3.15. The van der Waals surface area contributed by atoms with Crippen molar-refractivity contribution in [2.24, 2.45) is 0 Å². The topological polar surface area (TPSA) is 94.8 Å². The largest absolute Gasteiger partial charge is 0.507 e. The number of hydrogen-bond acceptors (Lipinski definition) is 6. The predicted molar refractivity (Wildman–Crippen MR) is 85.3 cm³/mol. The average Bonchev–Trinajstić information content (AvgIpc) is 2.57. The van der Waals surface area contributed by atoms with E-state index in [0.29, 0.717) is 0 Å². The molecular weight excluding hydrogens is 314 g/mol. The molecule has 126 valence electrons. The number of aromatic nitrogens is 1. The van der Waals surface area contributed by atoms with Crippen molar-refractivity contribution in [1.29, 1.82) is 0 Å². The minimum Gasteiger partial charge on any atom is -0.507 e. The lowest BCUT2D eigenvalue weighted by Gasteiger charge is -2.16. The van der Waals surface area contributed by atoms with Crippen LogP contribution in [0, 0.1) is 6.92 Å². The highest BCUT2D eigenvalue weighted by Crippen LogP contribution is 2.22. The summed E-state index contributed by atoms with van der Waals surface area (Å²) in [6.45, 7) is 1.90. The average molecular weight is 331 g/mol. The number of nitrogens with zero attached hydrogens (tertiary/aromatic N) is 1. The summed E-state index contributed by atoms with van der Waals surface area (Å²) in [6.07, 6.45) is 0. The number of aryl methyl sites for hydroxylation is 1. The number of pyridine rings is 1. The smallest absolute Gasteiger partial charge is 0.355 e. The first-order valence-corrected chi connectivity index (χ1v) is 7.08. The van der Waals surface area contributed by atoms with E-state index in [2.05, 4.69) is 9.47 Å².